The average Bonchev–Trinajstić information content (AvgIpc) is 2.78. The lowest BCUT2D eigenvalue weighted by Crippen LogP contribution is -2.50. The van der Waals surface area contributed by atoms with Gasteiger partial charge < -0.3 is 29.6 Å². The van der Waals surface area contributed by atoms with Crippen molar-refractivity contribution >= 4 is 12.0 Å². The molecule has 1 aromatic rings. The predicted octanol–water partition coefficient (Wildman–Crippen LogP) is 1.96. The molecule has 9 nitrogen and oxygen atoms in total. The van der Waals surface area contributed by atoms with Crippen LogP contribution in [-0.2, 0) is 14.3 Å². The van der Waals surface area contributed by atoms with Crippen molar-refractivity contribution in [3.63, 3.8) is 0 Å². The molecule has 2 N–H and O–H groups in total. The van der Waals surface area contributed by atoms with Gasteiger partial charge in [-0.05, 0) is 30.0 Å². The number of amides is 2. The number of benzene rings is 1. The molecule has 1 heterocycles. The highest BCUT2D eigenvalue weighted by Crippen LogP contribution is 2.32. The third kappa shape index (κ3) is 7.29. The maximum atomic E-state index is 12.9. The van der Waals surface area contributed by atoms with Gasteiger partial charge in [0, 0.05) is 19.6 Å². The second kappa shape index (κ2) is 12.4. The molecule has 0 saturated carbocycles. The van der Waals surface area contributed by atoms with Crippen LogP contribution in [0.4, 0.5) is 4.79 Å². The van der Waals surface area contributed by atoms with Crippen LogP contribution in [-0.4, -0.2) is 77.1 Å². The first kappa shape index (κ1) is 24.7. The van der Waals surface area contributed by atoms with Crippen molar-refractivity contribution in [1.82, 2.24) is 15.5 Å². The largest absolute Gasteiger partial charge is 0.493 e. The lowest BCUT2D eigenvalue weighted by molar-refractivity contribution is -0.123. The zero-order valence-corrected chi connectivity index (χ0v) is 19.1. The molecule has 1 aromatic carbocycles. The van der Waals surface area contributed by atoms with Crippen molar-refractivity contribution in [3.05, 3.63) is 23.8 Å². The van der Waals surface area contributed by atoms with E-state index in [0.29, 0.717) is 37.7 Å². The van der Waals surface area contributed by atoms with Crippen molar-refractivity contribution in [2.24, 2.45) is 5.92 Å². The van der Waals surface area contributed by atoms with E-state index in [1.807, 2.05) is 32.0 Å². The van der Waals surface area contributed by atoms with Gasteiger partial charge in [0.2, 0.25) is 5.91 Å². The topological polar surface area (TPSA) is 98.4 Å². The van der Waals surface area contributed by atoms with Gasteiger partial charge in [0.15, 0.2) is 11.5 Å². The number of alkyl carbamates (subject to hydrolysis) is 1. The van der Waals surface area contributed by atoms with E-state index < -0.39 is 12.1 Å². The zero-order chi connectivity index (χ0) is 22.8. The predicted molar refractivity (Wildman–Crippen MR) is 116 cm³/mol. The Morgan fingerprint density at radius 2 is 1.77 bits per heavy atom. The van der Waals surface area contributed by atoms with Gasteiger partial charge in [0.1, 0.15) is 6.04 Å². The van der Waals surface area contributed by atoms with Gasteiger partial charge in [-0.2, -0.15) is 0 Å². The number of morpholine rings is 1. The summed E-state index contributed by atoms with van der Waals surface area (Å²) in [5, 5.41) is 5.65. The van der Waals surface area contributed by atoms with Crippen LogP contribution < -0.4 is 20.1 Å². The molecule has 0 radical (unpaired) electrons. The van der Waals surface area contributed by atoms with Crippen LogP contribution in [0.1, 0.15) is 31.9 Å². The summed E-state index contributed by atoms with van der Waals surface area (Å²) in [6.07, 6.45) is -0.107. The third-order valence-electron chi connectivity index (χ3n) is 5.25. The molecule has 0 spiro atoms. The van der Waals surface area contributed by atoms with Crippen molar-refractivity contribution in [1.29, 1.82) is 0 Å². The van der Waals surface area contributed by atoms with Crippen LogP contribution in [0.15, 0.2) is 18.2 Å². The smallest absolute Gasteiger partial charge is 0.407 e. The van der Waals surface area contributed by atoms with Crippen molar-refractivity contribution in [2.75, 3.05) is 54.2 Å². The number of hydrogen-bond donors (Lipinski definition) is 2. The Morgan fingerprint density at radius 1 is 1.10 bits per heavy atom. The molecule has 1 saturated heterocycles. The van der Waals surface area contributed by atoms with E-state index in [4.69, 9.17) is 14.2 Å². The van der Waals surface area contributed by atoms with E-state index in [1.165, 1.54) is 7.11 Å². The van der Waals surface area contributed by atoms with Gasteiger partial charge >= 0.3 is 6.09 Å². The number of hydrogen-bond acceptors (Lipinski definition) is 7. The number of nitrogens with zero attached hydrogens (tertiary/aromatic N) is 1. The normalized spacial score (nSPS) is 16.3. The Labute approximate surface area is 184 Å². The van der Waals surface area contributed by atoms with Gasteiger partial charge in [-0.3, -0.25) is 9.69 Å². The molecule has 31 heavy (non-hydrogen) atoms. The minimum atomic E-state index is -0.664. The number of rotatable bonds is 10. The van der Waals surface area contributed by atoms with Crippen LogP contribution in [0.25, 0.3) is 0 Å². The van der Waals surface area contributed by atoms with Crippen LogP contribution in [0.2, 0.25) is 0 Å². The van der Waals surface area contributed by atoms with E-state index in [1.54, 1.807) is 14.2 Å². The molecular weight excluding hydrogens is 402 g/mol. The van der Waals surface area contributed by atoms with Gasteiger partial charge in [0.05, 0.1) is 40.6 Å². The van der Waals surface area contributed by atoms with Gasteiger partial charge in [-0.1, -0.05) is 19.9 Å². The minimum Gasteiger partial charge on any atom is -0.493 e. The van der Waals surface area contributed by atoms with E-state index in [-0.39, 0.29) is 17.9 Å². The number of carbonyl (C=O) groups is 2. The zero-order valence-electron chi connectivity index (χ0n) is 19.1. The second-order valence-electron chi connectivity index (χ2n) is 7.84. The fraction of sp³-hybridized carbons (Fsp3) is 0.636. The van der Waals surface area contributed by atoms with Crippen molar-refractivity contribution in [2.45, 2.75) is 32.4 Å². The summed E-state index contributed by atoms with van der Waals surface area (Å²) in [5.41, 5.74) is 1.00. The maximum absolute atomic E-state index is 12.9. The number of nitrogens with one attached hydrogen (secondary N) is 2. The average molecular weight is 438 g/mol. The summed E-state index contributed by atoms with van der Waals surface area (Å²) in [6.45, 7) is 7.16. The van der Waals surface area contributed by atoms with E-state index in [9.17, 15) is 9.59 Å². The van der Waals surface area contributed by atoms with Gasteiger partial charge in [0.25, 0.3) is 0 Å². The first-order valence-electron chi connectivity index (χ1n) is 10.6. The summed E-state index contributed by atoms with van der Waals surface area (Å²) in [6, 6.07) is 5.03. The highest BCUT2D eigenvalue weighted by molar-refractivity contribution is 5.85. The molecule has 0 bridgehead atoms. The minimum absolute atomic E-state index is 0.0783. The van der Waals surface area contributed by atoms with E-state index in [0.717, 1.165) is 18.7 Å². The molecule has 0 aromatic heterocycles. The Morgan fingerprint density at radius 3 is 2.35 bits per heavy atom. The Hall–Kier alpha value is -2.52. The third-order valence-corrected chi connectivity index (χ3v) is 5.25. The molecule has 2 rings (SSSR count). The van der Waals surface area contributed by atoms with E-state index in [2.05, 4.69) is 20.3 Å². The Bertz CT molecular complexity index is 721. The summed E-state index contributed by atoms with van der Waals surface area (Å²) in [7, 11) is 4.48. The fourth-order valence-electron chi connectivity index (χ4n) is 3.63. The molecule has 174 valence electrons. The van der Waals surface area contributed by atoms with Crippen LogP contribution in [0.3, 0.4) is 0 Å². The van der Waals surface area contributed by atoms with Crippen LogP contribution in [0, 0.1) is 5.92 Å². The molecule has 2 atom stereocenters. The molecule has 2 unspecified atom stereocenters. The number of methoxy groups -OCH3 is 3. The van der Waals surface area contributed by atoms with Crippen molar-refractivity contribution in [3.8, 4) is 11.5 Å². The first-order valence-corrected chi connectivity index (χ1v) is 10.6. The standard InChI is InChI=1S/C22H35N3O6/c1-15(2)12-17(24-22(27)30-5)21(26)23-14-18(25-8-10-31-11-9-25)16-6-7-19(28-3)20(13-16)29-4/h6-7,13,15,17-18H,8-12,14H2,1-5H3,(H,23,26)(H,24,27). The van der Waals surface area contributed by atoms with Crippen LogP contribution >= 0.6 is 0 Å². The Kier molecular flexibility index (Phi) is 9.87. The quantitative estimate of drug-likeness (QED) is 0.577. The number of carbonyl (C=O) groups excluding carboxylic acids is 2. The lowest BCUT2D eigenvalue weighted by Gasteiger charge is -2.35. The van der Waals surface area contributed by atoms with Gasteiger partial charge in [-0.15, -0.1) is 0 Å². The lowest BCUT2D eigenvalue weighted by atomic mass is 10.0. The second-order valence-corrected chi connectivity index (χ2v) is 7.84. The van der Waals surface area contributed by atoms with Gasteiger partial charge in [-0.25, -0.2) is 4.79 Å². The van der Waals surface area contributed by atoms with E-state index >= 15 is 0 Å². The number of ether oxygens (including phenoxy) is 4. The SMILES string of the molecule is COC(=O)NC(CC(C)C)C(=O)NCC(c1ccc(OC)c(OC)c1)N1CCOCC1. The summed E-state index contributed by atoms with van der Waals surface area (Å²) < 4.78 is 21.0. The molecule has 2 amide bonds. The molecule has 1 aliphatic rings. The molecule has 1 fully saturated rings. The molecule has 9 heteroatoms. The fourth-order valence-corrected chi connectivity index (χ4v) is 3.63. The molecular formula is C22H35N3O6. The Balaban J connectivity index is 2.19. The maximum Gasteiger partial charge on any atom is 0.407 e. The highest BCUT2D eigenvalue weighted by atomic mass is 16.5. The highest BCUT2D eigenvalue weighted by Gasteiger charge is 2.27. The summed E-state index contributed by atoms with van der Waals surface area (Å²) in [4.78, 5) is 26.9. The van der Waals surface area contributed by atoms with Crippen LogP contribution in [0.5, 0.6) is 11.5 Å². The molecule has 1 aliphatic heterocycles. The first-order chi connectivity index (χ1) is 14.9. The molecule has 0 aliphatic carbocycles. The summed E-state index contributed by atoms with van der Waals surface area (Å²) in [5.74, 6) is 1.27. The van der Waals surface area contributed by atoms with Crippen molar-refractivity contribution < 1.29 is 28.5 Å². The monoisotopic (exact) mass is 437 g/mol. The summed E-state index contributed by atoms with van der Waals surface area (Å²) >= 11 is 0.